The quantitative estimate of drug-likeness (QED) is 0.383. The van der Waals surface area contributed by atoms with Crippen molar-refractivity contribution < 1.29 is 4.92 Å². The minimum absolute atomic E-state index is 0.360. The highest BCUT2D eigenvalue weighted by Crippen LogP contribution is 2.34. The normalized spacial score (nSPS) is 13.9. The number of hydrogen-bond acceptors (Lipinski definition) is 6. The third kappa shape index (κ3) is 1.25. The molecule has 74 valence electrons. The van der Waals surface area contributed by atoms with E-state index in [1.165, 1.54) is 6.07 Å². The van der Waals surface area contributed by atoms with Crippen molar-refractivity contribution in [2.24, 2.45) is 0 Å². The highest BCUT2D eigenvalue weighted by atomic mass is 16.6. The van der Waals surface area contributed by atoms with Crippen LogP contribution in [0.2, 0.25) is 0 Å². The maximum Gasteiger partial charge on any atom is 0.306 e. The second kappa shape index (κ2) is 3.89. The summed E-state index contributed by atoms with van der Waals surface area (Å²) in [6.07, 6.45) is 0. The molecule has 1 aliphatic carbocycles. The second-order valence-corrected chi connectivity index (χ2v) is 2.57. The van der Waals surface area contributed by atoms with Gasteiger partial charge in [0.2, 0.25) is 0 Å². The van der Waals surface area contributed by atoms with E-state index in [1.54, 1.807) is 18.0 Å². The van der Waals surface area contributed by atoms with Crippen LogP contribution < -0.4 is 0 Å². The van der Waals surface area contributed by atoms with Crippen molar-refractivity contribution in [1.29, 1.82) is 21.2 Å². The van der Waals surface area contributed by atoms with Crippen molar-refractivity contribution >= 4 is 5.87 Å². The first-order valence-electron chi connectivity index (χ1n) is 3.76. The van der Waals surface area contributed by atoms with E-state index in [0.29, 0.717) is 0 Å². The number of nitro groups is 1. The minimum atomic E-state index is -0.906. The molecule has 0 unspecified atom stereocenters. The van der Waals surface area contributed by atoms with Gasteiger partial charge in [-0.1, -0.05) is 0 Å². The first-order valence-corrected chi connectivity index (χ1v) is 3.76. The minimum Gasteiger partial charge on any atom is -0.258 e. The lowest BCUT2D eigenvalue weighted by Gasteiger charge is -1.91. The highest BCUT2D eigenvalue weighted by molar-refractivity contribution is 5.83. The van der Waals surface area contributed by atoms with Crippen LogP contribution in [0.15, 0.2) is 28.0 Å². The molecule has 0 aromatic rings. The predicted octanol–water partition coefficient (Wildman–Crippen LogP) is 0.573. The van der Waals surface area contributed by atoms with Crippen molar-refractivity contribution in [1.82, 2.24) is 0 Å². The zero-order chi connectivity index (χ0) is 12.3. The standard InChI is InChI=1S/C9HN5O2/c10-1-5-6(2-11)8(4-13)9(14(15)16)7(5)3-12/h12H. The number of hydrogen-bond donors (Lipinski definition) is 1. The van der Waals surface area contributed by atoms with Crippen molar-refractivity contribution in [3.8, 4) is 18.2 Å². The van der Waals surface area contributed by atoms with Gasteiger partial charge in [-0.3, -0.25) is 15.5 Å². The predicted molar refractivity (Wildman–Crippen MR) is 49.1 cm³/mol. The summed E-state index contributed by atoms with van der Waals surface area (Å²) < 4.78 is 0. The average molecular weight is 211 g/mol. The van der Waals surface area contributed by atoms with E-state index in [4.69, 9.17) is 21.2 Å². The lowest BCUT2D eigenvalue weighted by molar-refractivity contribution is -0.420. The molecule has 7 heteroatoms. The first-order chi connectivity index (χ1) is 7.62. The van der Waals surface area contributed by atoms with E-state index in [-0.39, 0.29) is 11.1 Å². The molecule has 1 rings (SSSR count). The highest BCUT2D eigenvalue weighted by Gasteiger charge is 2.38. The third-order valence-corrected chi connectivity index (χ3v) is 1.87. The van der Waals surface area contributed by atoms with Gasteiger partial charge in [0.1, 0.15) is 23.8 Å². The molecule has 0 saturated carbocycles. The molecular formula is C9HN5O2. The van der Waals surface area contributed by atoms with E-state index in [0.717, 1.165) is 0 Å². The fourth-order valence-electron chi connectivity index (χ4n) is 1.25. The Bertz CT molecular complexity index is 626. The Morgan fingerprint density at radius 3 is 1.88 bits per heavy atom. The van der Waals surface area contributed by atoms with Crippen LogP contribution in [-0.4, -0.2) is 10.8 Å². The van der Waals surface area contributed by atoms with E-state index < -0.39 is 21.8 Å². The van der Waals surface area contributed by atoms with Gasteiger partial charge in [-0.25, -0.2) is 0 Å². The Morgan fingerprint density at radius 1 is 1.06 bits per heavy atom. The van der Waals surface area contributed by atoms with Crippen LogP contribution in [0.3, 0.4) is 0 Å². The molecule has 0 aliphatic heterocycles. The molecular weight excluding hydrogens is 210 g/mol. The van der Waals surface area contributed by atoms with Gasteiger partial charge in [0.25, 0.3) is 0 Å². The molecule has 0 atom stereocenters. The summed E-state index contributed by atoms with van der Waals surface area (Å²) in [5.74, 6) is 1.71. The molecule has 0 radical (unpaired) electrons. The van der Waals surface area contributed by atoms with Gasteiger partial charge < -0.3 is 0 Å². The van der Waals surface area contributed by atoms with Crippen molar-refractivity contribution in [2.45, 2.75) is 0 Å². The van der Waals surface area contributed by atoms with Crippen molar-refractivity contribution in [3.05, 3.63) is 38.1 Å². The lowest BCUT2D eigenvalue weighted by atomic mass is 10.1. The Balaban J connectivity index is 3.76. The van der Waals surface area contributed by atoms with Gasteiger partial charge in [0.15, 0.2) is 5.57 Å². The fourth-order valence-corrected chi connectivity index (χ4v) is 1.25. The molecule has 0 spiro atoms. The molecule has 0 aromatic heterocycles. The zero-order valence-electron chi connectivity index (χ0n) is 7.61. The molecule has 1 N–H and O–H groups in total. The molecule has 1 aliphatic rings. The van der Waals surface area contributed by atoms with Gasteiger partial charge >= 0.3 is 5.70 Å². The van der Waals surface area contributed by atoms with Gasteiger partial charge in [-0.15, -0.1) is 0 Å². The second-order valence-electron chi connectivity index (χ2n) is 2.57. The molecule has 0 saturated heterocycles. The monoisotopic (exact) mass is 211 g/mol. The molecule has 0 heterocycles. The Kier molecular flexibility index (Phi) is 2.65. The smallest absolute Gasteiger partial charge is 0.258 e. The summed E-state index contributed by atoms with van der Waals surface area (Å²) in [5.41, 5.74) is -2.39. The first kappa shape index (κ1) is 10.9. The molecule has 16 heavy (non-hydrogen) atoms. The van der Waals surface area contributed by atoms with E-state index in [2.05, 4.69) is 0 Å². The summed E-state index contributed by atoms with van der Waals surface area (Å²) in [5, 5.41) is 43.7. The summed E-state index contributed by atoms with van der Waals surface area (Å²) in [4.78, 5) is 9.76. The van der Waals surface area contributed by atoms with Crippen LogP contribution in [0.5, 0.6) is 0 Å². The lowest BCUT2D eigenvalue weighted by Crippen LogP contribution is -2.02. The SMILES string of the molecule is N#CC1=C(C#N)C(C#N)=C([N+](=O)[O-])C1=C=N. The van der Waals surface area contributed by atoms with Crippen LogP contribution in [0.25, 0.3) is 0 Å². The number of allylic oxidation sites excluding steroid dienone is 3. The fraction of sp³-hybridized carbons (Fsp3) is 0. The van der Waals surface area contributed by atoms with Gasteiger partial charge in [0.05, 0.1) is 16.1 Å². The molecule has 0 aromatic carbocycles. The van der Waals surface area contributed by atoms with Crippen molar-refractivity contribution in [2.75, 3.05) is 0 Å². The van der Waals surface area contributed by atoms with Crippen LogP contribution in [0.4, 0.5) is 0 Å². The molecule has 7 nitrogen and oxygen atoms in total. The molecule has 0 fully saturated rings. The maximum atomic E-state index is 10.7. The third-order valence-electron chi connectivity index (χ3n) is 1.87. The summed E-state index contributed by atoms with van der Waals surface area (Å²) in [6.45, 7) is 0. The Labute approximate surface area is 89.1 Å². The van der Waals surface area contributed by atoms with E-state index in [9.17, 15) is 10.1 Å². The number of nitrogens with one attached hydrogen (secondary N) is 1. The van der Waals surface area contributed by atoms with Crippen LogP contribution >= 0.6 is 0 Å². The Hall–Kier alpha value is -3.20. The zero-order valence-corrected chi connectivity index (χ0v) is 7.61. The molecule has 0 bridgehead atoms. The topological polar surface area (TPSA) is 138 Å². The number of nitriles is 3. The van der Waals surface area contributed by atoms with Gasteiger partial charge in [0, 0.05) is 0 Å². The van der Waals surface area contributed by atoms with E-state index in [1.807, 2.05) is 0 Å². The van der Waals surface area contributed by atoms with Gasteiger partial charge in [-0.2, -0.15) is 15.8 Å². The number of nitrogens with zero attached hydrogens (tertiary/aromatic N) is 4. The van der Waals surface area contributed by atoms with E-state index >= 15 is 0 Å². The molecule has 0 amide bonds. The maximum absolute atomic E-state index is 10.7. The van der Waals surface area contributed by atoms with Crippen molar-refractivity contribution in [3.63, 3.8) is 0 Å². The summed E-state index contributed by atoms with van der Waals surface area (Å²) in [6, 6.07) is 4.59. The summed E-state index contributed by atoms with van der Waals surface area (Å²) >= 11 is 0. The number of rotatable bonds is 1. The van der Waals surface area contributed by atoms with Crippen LogP contribution in [0, 0.1) is 49.5 Å². The van der Waals surface area contributed by atoms with Gasteiger partial charge in [-0.05, 0) is 5.87 Å². The van der Waals surface area contributed by atoms with Crippen LogP contribution in [-0.2, 0) is 0 Å². The summed E-state index contributed by atoms with van der Waals surface area (Å²) in [7, 11) is 0. The largest absolute Gasteiger partial charge is 0.306 e. The van der Waals surface area contributed by atoms with Crippen LogP contribution in [0.1, 0.15) is 0 Å². The average Bonchev–Trinajstić information content (AvgIpc) is 2.60. The Morgan fingerprint density at radius 2 is 1.56 bits per heavy atom.